The van der Waals surface area contributed by atoms with Crippen molar-refractivity contribution < 1.29 is 0 Å². The minimum absolute atomic E-state index is 0.583. The first-order valence-corrected chi connectivity index (χ1v) is 10.2. The molecule has 1 aliphatic carbocycles. The molecule has 6 nitrogen and oxygen atoms in total. The van der Waals surface area contributed by atoms with Crippen LogP contribution in [0.25, 0.3) is 0 Å². The average Bonchev–Trinajstić information content (AvgIpc) is 3.23. The van der Waals surface area contributed by atoms with E-state index >= 15 is 0 Å². The molecule has 2 fully saturated rings. The maximum Gasteiger partial charge on any atom is 0.194 e. The Kier molecular flexibility index (Phi) is 6.03. The number of rotatable bonds is 4. The largest absolute Gasteiger partial charge is 0.353 e. The second kappa shape index (κ2) is 8.23. The van der Waals surface area contributed by atoms with Crippen LogP contribution in [-0.2, 0) is 13.6 Å². The second-order valence-electron chi connectivity index (χ2n) is 6.84. The van der Waals surface area contributed by atoms with Crippen molar-refractivity contribution in [2.24, 2.45) is 12.0 Å². The van der Waals surface area contributed by atoms with Gasteiger partial charge in [0.15, 0.2) is 11.8 Å². The quantitative estimate of drug-likeness (QED) is 0.667. The number of nitrogens with zero attached hydrogens (tertiary/aromatic N) is 5. The lowest BCUT2D eigenvalue weighted by molar-refractivity contribution is 0.397. The number of thioether (sulfide) groups is 1. The Labute approximate surface area is 149 Å². The first kappa shape index (κ1) is 17.6. The minimum atomic E-state index is 0.583. The van der Waals surface area contributed by atoms with Gasteiger partial charge in [0.05, 0.1) is 0 Å². The van der Waals surface area contributed by atoms with Crippen molar-refractivity contribution in [1.29, 1.82) is 0 Å². The summed E-state index contributed by atoms with van der Waals surface area (Å²) < 4.78 is 2.03. The highest BCUT2D eigenvalue weighted by molar-refractivity contribution is 8.00. The SMILES string of the molecule is CCC1CN(C(=NCc2nnc(C)n2C)NC2CCCC2)CCS1. The van der Waals surface area contributed by atoms with E-state index < -0.39 is 0 Å². The van der Waals surface area contributed by atoms with Crippen LogP contribution in [0, 0.1) is 6.92 Å². The van der Waals surface area contributed by atoms with Crippen LogP contribution in [-0.4, -0.2) is 55.8 Å². The predicted octanol–water partition coefficient (Wildman–Crippen LogP) is 2.34. The zero-order valence-electron chi connectivity index (χ0n) is 15.2. The number of hydrogen-bond donors (Lipinski definition) is 1. The van der Waals surface area contributed by atoms with E-state index in [0.29, 0.717) is 17.8 Å². The van der Waals surface area contributed by atoms with Gasteiger partial charge in [-0.25, -0.2) is 4.99 Å². The Morgan fingerprint density at radius 3 is 2.79 bits per heavy atom. The van der Waals surface area contributed by atoms with Crippen molar-refractivity contribution in [2.75, 3.05) is 18.8 Å². The second-order valence-corrected chi connectivity index (χ2v) is 8.24. The van der Waals surface area contributed by atoms with E-state index in [1.54, 1.807) is 0 Å². The standard InChI is InChI=1S/C17H30N6S/c1-4-15-12-23(9-10-24-15)17(19-14-7-5-6-8-14)18-11-16-21-20-13(2)22(16)3/h14-15H,4-12H2,1-3H3,(H,18,19). The van der Waals surface area contributed by atoms with Gasteiger partial charge in [-0.3, -0.25) is 0 Å². The summed E-state index contributed by atoms with van der Waals surface area (Å²) in [6.45, 7) is 7.03. The van der Waals surface area contributed by atoms with Crippen molar-refractivity contribution in [2.45, 2.75) is 63.8 Å². The van der Waals surface area contributed by atoms with Crippen molar-refractivity contribution in [1.82, 2.24) is 25.0 Å². The molecule has 1 N–H and O–H groups in total. The topological polar surface area (TPSA) is 58.3 Å². The summed E-state index contributed by atoms with van der Waals surface area (Å²) in [5.41, 5.74) is 0. The van der Waals surface area contributed by atoms with Crippen LogP contribution < -0.4 is 5.32 Å². The molecule has 0 amide bonds. The van der Waals surface area contributed by atoms with Gasteiger partial charge in [-0.2, -0.15) is 11.8 Å². The number of guanidine groups is 1. The molecule has 2 aliphatic rings. The molecule has 24 heavy (non-hydrogen) atoms. The lowest BCUT2D eigenvalue weighted by atomic mass is 10.2. The smallest absolute Gasteiger partial charge is 0.194 e. The van der Waals surface area contributed by atoms with Gasteiger partial charge >= 0.3 is 0 Å². The summed E-state index contributed by atoms with van der Waals surface area (Å²) in [6.07, 6.45) is 6.42. The molecule has 3 rings (SSSR count). The van der Waals surface area contributed by atoms with Crippen LogP contribution in [0.4, 0.5) is 0 Å². The average molecular weight is 351 g/mol. The molecular weight excluding hydrogens is 320 g/mol. The summed E-state index contributed by atoms with van der Waals surface area (Å²) in [7, 11) is 2.01. The molecule has 0 aromatic carbocycles. The fourth-order valence-corrected chi connectivity index (χ4v) is 4.56. The van der Waals surface area contributed by atoms with Gasteiger partial charge in [-0.1, -0.05) is 19.8 Å². The maximum atomic E-state index is 4.92. The van der Waals surface area contributed by atoms with Crippen molar-refractivity contribution in [3.63, 3.8) is 0 Å². The normalized spacial score (nSPS) is 23.0. The first-order valence-electron chi connectivity index (χ1n) is 9.19. The zero-order valence-corrected chi connectivity index (χ0v) is 16.0. The van der Waals surface area contributed by atoms with E-state index in [9.17, 15) is 0 Å². The number of aliphatic imine (C=N–C) groups is 1. The van der Waals surface area contributed by atoms with Crippen LogP contribution >= 0.6 is 11.8 Å². The van der Waals surface area contributed by atoms with Crippen molar-refractivity contribution >= 4 is 17.7 Å². The number of nitrogens with one attached hydrogen (secondary N) is 1. The van der Waals surface area contributed by atoms with Crippen LogP contribution in [0.1, 0.15) is 50.7 Å². The van der Waals surface area contributed by atoms with E-state index in [4.69, 9.17) is 4.99 Å². The van der Waals surface area contributed by atoms with E-state index in [-0.39, 0.29) is 0 Å². The molecule has 0 bridgehead atoms. The Morgan fingerprint density at radius 1 is 1.33 bits per heavy atom. The maximum absolute atomic E-state index is 4.92. The van der Waals surface area contributed by atoms with Crippen LogP contribution in [0.2, 0.25) is 0 Å². The van der Waals surface area contributed by atoms with Crippen LogP contribution in [0.3, 0.4) is 0 Å². The van der Waals surface area contributed by atoms with E-state index in [1.165, 1.54) is 37.9 Å². The highest BCUT2D eigenvalue weighted by Gasteiger charge is 2.24. The van der Waals surface area contributed by atoms with E-state index in [0.717, 1.165) is 30.7 Å². The van der Waals surface area contributed by atoms with Crippen LogP contribution in [0.15, 0.2) is 4.99 Å². The number of aromatic nitrogens is 3. The lowest BCUT2D eigenvalue weighted by Gasteiger charge is -2.35. The predicted molar refractivity (Wildman–Crippen MR) is 100 cm³/mol. The molecule has 1 aliphatic heterocycles. The molecule has 1 atom stereocenters. The van der Waals surface area contributed by atoms with Crippen LogP contribution in [0.5, 0.6) is 0 Å². The Balaban J connectivity index is 1.72. The molecular formula is C17H30N6S. The van der Waals surface area contributed by atoms with Gasteiger partial charge < -0.3 is 14.8 Å². The third-order valence-corrected chi connectivity index (χ3v) is 6.51. The number of hydrogen-bond acceptors (Lipinski definition) is 4. The Bertz CT molecular complexity index is 563. The molecule has 1 saturated heterocycles. The zero-order chi connectivity index (χ0) is 16.9. The summed E-state index contributed by atoms with van der Waals surface area (Å²) >= 11 is 2.10. The van der Waals surface area contributed by atoms with Crippen molar-refractivity contribution in [3.05, 3.63) is 11.6 Å². The minimum Gasteiger partial charge on any atom is -0.353 e. The summed E-state index contributed by atoms with van der Waals surface area (Å²) in [5, 5.41) is 12.8. The summed E-state index contributed by atoms with van der Waals surface area (Å²) in [6, 6.07) is 0.583. The Hall–Kier alpha value is -1.24. The first-order chi connectivity index (χ1) is 11.7. The molecule has 0 spiro atoms. The lowest BCUT2D eigenvalue weighted by Crippen LogP contribution is -2.50. The summed E-state index contributed by atoms with van der Waals surface area (Å²) in [4.78, 5) is 7.37. The van der Waals surface area contributed by atoms with Gasteiger partial charge in [0.2, 0.25) is 0 Å². The van der Waals surface area contributed by atoms with E-state index in [1.807, 2.05) is 18.5 Å². The molecule has 7 heteroatoms. The van der Waals surface area contributed by atoms with Crippen molar-refractivity contribution in [3.8, 4) is 0 Å². The van der Waals surface area contributed by atoms with Gasteiger partial charge in [-0.15, -0.1) is 10.2 Å². The van der Waals surface area contributed by atoms with Gasteiger partial charge in [0.25, 0.3) is 0 Å². The molecule has 1 unspecified atom stereocenters. The highest BCUT2D eigenvalue weighted by atomic mass is 32.2. The highest BCUT2D eigenvalue weighted by Crippen LogP contribution is 2.22. The molecule has 1 saturated carbocycles. The van der Waals surface area contributed by atoms with Gasteiger partial charge in [0.1, 0.15) is 12.4 Å². The Morgan fingerprint density at radius 2 is 2.12 bits per heavy atom. The molecule has 0 radical (unpaired) electrons. The third-order valence-electron chi connectivity index (χ3n) is 5.14. The number of aryl methyl sites for hydroxylation is 1. The molecule has 1 aromatic rings. The molecule has 2 heterocycles. The van der Waals surface area contributed by atoms with E-state index in [2.05, 4.69) is 39.1 Å². The third kappa shape index (κ3) is 4.23. The summed E-state index contributed by atoms with van der Waals surface area (Å²) in [5.74, 6) is 4.12. The fraction of sp³-hybridized carbons (Fsp3) is 0.824. The van der Waals surface area contributed by atoms with Gasteiger partial charge in [0, 0.05) is 37.2 Å². The van der Waals surface area contributed by atoms with Gasteiger partial charge in [-0.05, 0) is 26.2 Å². The molecule has 134 valence electrons. The monoisotopic (exact) mass is 350 g/mol. The molecule has 1 aromatic heterocycles. The fourth-order valence-electron chi connectivity index (χ4n) is 3.38.